The van der Waals surface area contributed by atoms with Gasteiger partial charge in [-0.1, -0.05) is 0 Å². The first-order valence-electron chi connectivity index (χ1n) is 27.5. The van der Waals surface area contributed by atoms with Gasteiger partial charge < -0.3 is 102 Å². The van der Waals surface area contributed by atoms with Crippen molar-refractivity contribution >= 4 is 99.1 Å². The van der Waals surface area contributed by atoms with E-state index in [9.17, 15) is 52.7 Å². The molecule has 1 fully saturated rings. The third-order valence-electron chi connectivity index (χ3n) is 14.2. The molecule has 0 aliphatic carbocycles. The van der Waals surface area contributed by atoms with Gasteiger partial charge in [0.25, 0.3) is 41.4 Å². The Bertz CT molecular complexity index is 3870. The van der Waals surface area contributed by atoms with Crippen LogP contribution in [0.4, 0.5) is 34.1 Å². The Labute approximate surface area is 502 Å². The molecule has 11 amide bonds. The number of nitrogens with two attached hydrogens (primary N) is 2. The van der Waals surface area contributed by atoms with Gasteiger partial charge in [-0.05, 0) is 49.2 Å². The number of amides is 11. The van der Waals surface area contributed by atoms with Gasteiger partial charge in [-0.3, -0.25) is 52.7 Å². The molecule has 0 spiro atoms. The lowest BCUT2D eigenvalue weighted by Gasteiger charge is -2.13. The molecule has 15 N–H and O–H groups in total. The number of nitrogens with zero attached hydrogens (tertiary/aromatic N) is 8. The molecule has 7 aromatic heterocycles. The fourth-order valence-corrected chi connectivity index (χ4v) is 9.69. The zero-order valence-corrected chi connectivity index (χ0v) is 49.2. The first-order valence-corrected chi connectivity index (χ1v) is 27.5. The number of primary amides is 1. The zero-order valence-electron chi connectivity index (χ0n) is 49.2. The van der Waals surface area contributed by atoms with E-state index in [4.69, 9.17) is 11.5 Å². The fraction of sp³-hybridized carbons (Fsp3) is 0.321. The molecule has 1 aliphatic rings. The number of aryl methyl sites for hydroxylation is 7. The summed E-state index contributed by atoms with van der Waals surface area (Å²) in [4.78, 5) is 146. The lowest BCUT2D eigenvalue weighted by Crippen LogP contribution is -2.39. The Kier molecular flexibility index (Phi) is 19.6. The second kappa shape index (κ2) is 27.3. The van der Waals surface area contributed by atoms with Crippen LogP contribution in [0.15, 0.2) is 86.0 Å². The number of hydrogen-bond acceptors (Lipinski definition) is 14. The highest BCUT2D eigenvalue weighted by molar-refractivity contribution is 6.08. The van der Waals surface area contributed by atoms with Gasteiger partial charge in [0.2, 0.25) is 23.6 Å². The summed E-state index contributed by atoms with van der Waals surface area (Å²) in [6.45, 7) is 0.371. The lowest BCUT2D eigenvalue weighted by molar-refractivity contribution is -0.122. The predicted molar refractivity (Wildman–Crippen MR) is 321 cm³/mol. The zero-order chi connectivity index (χ0) is 63.7. The van der Waals surface area contributed by atoms with E-state index in [1.165, 1.54) is 90.2 Å². The summed E-state index contributed by atoms with van der Waals surface area (Å²) < 4.78 is 10.6. The van der Waals surface area contributed by atoms with Crippen LogP contribution in [0.5, 0.6) is 0 Å². The minimum Gasteiger partial charge on any atom is -0.364 e. The maximum absolute atomic E-state index is 13.5. The molecule has 0 radical (unpaired) electrons. The number of carbonyl (C=O) groups is 11. The van der Waals surface area contributed by atoms with E-state index in [1.54, 1.807) is 77.1 Å². The highest BCUT2D eigenvalue weighted by atomic mass is 16.2. The topological polar surface area (TPSA) is 420 Å². The Morgan fingerprint density at radius 2 is 0.898 bits per heavy atom. The summed E-state index contributed by atoms with van der Waals surface area (Å²) in [6, 6.07) is 6.75. The van der Waals surface area contributed by atoms with Gasteiger partial charge >= 0.3 is 0 Å². The van der Waals surface area contributed by atoms with Crippen molar-refractivity contribution in [3.05, 3.63) is 126 Å². The second-order valence-corrected chi connectivity index (χ2v) is 21.1. The molecule has 0 unspecified atom stereocenters. The minimum atomic E-state index is -1.06. The predicted octanol–water partition coefficient (Wildman–Crippen LogP) is -0.243. The van der Waals surface area contributed by atoms with E-state index >= 15 is 0 Å². The molecule has 32 heteroatoms. The number of carbonyl (C=O) groups excluding carboxylic acids is 11. The monoisotopic (exact) mass is 1210 g/mol. The van der Waals surface area contributed by atoms with Gasteiger partial charge in [-0.2, -0.15) is 0 Å². The third-order valence-corrected chi connectivity index (χ3v) is 14.2. The van der Waals surface area contributed by atoms with Gasteiger partial charge in [0.15, 0.2) is 5.82 Å². The summed E-state index contributed by atoms with van der Waals surface area (Å²) >= 11 is 0. The highest BCUT2D eigenvalue weighted by Gasteiger charge is 2.31. The number of nitrogens with one attached hydrogen (secondary N) is 11. The summed E-state index contributed by atoms with van der Waals surface area (Å²) in [6.07, 6.45) is 12.7. The molecule has 32 nitrogen and oxygen atoms in total. The van der Waals surface area contributed by atoms with Crippen molar-refractivity contribution in [1.29, 1.82) is 0 Å². The molecule has 8 heterocycles. The SMILES string of the molecule is Cn1cc(NC(=O)CCNC(=O)c2cc(NC(=O)c3cc(NC(=O)c4cc(NC(=O)[C@H](N)CCNC(=O)c5cc(NC(=O)[C@H]6C[C@@H](NC(=O)CCNC(=O)c7cc(NC(=O)c8nccn8C)cn7C)CN6)cn5C)cn4C)cn3C)cn2C)cc1C(N)=O. The number of imidazole rings is 1. The van der Waals surface area contributed by atoms with E-state index in [-0.39, 0.29) is 115 Å². The molecule has 1 aliphatic heterocycles. The van der Waals surface area contributed by atoms with Crippen LogP contribution >= 0.6 is 0 Å². The van der Waals surface area contributed by atoms with Crippen LogP contribution in [-0.4, -0.2) is 146 Å². The number of aromatic nitrogens is 8. The van der Waals surface area contributed by atoms with E-state index in [0.29, 0.717) is 29.3 Å². The maximum atomic E-state index is 13.5. The fourth-order valence-electron chi connectivity index (χ4n) is 9.69. The molecule has 3 atom stereocenters. The Morgan fingerprint density at radius 3 is 1.35 bits per heavy atom. The lowest BCUT2D eigenvalue weighted by atomic mass is 10.1. The molecule has 8 rings (SSSR count). The minimum absolute atomic E-state index is 0.00258. The van der Waals surface area contributed by atoms with Crippen molar-refractivity contribution in [3.63, 3.8) is 0 Å². The first-order chi connectivity index (χ1) is 41.8. The van der Waals surface area contributed by atoms with Crippen molar-refractivity contribution < 1.29 is 52.7 Å². The normalized spacial score (nSPS) is 13.9. The molecule has 0 aromatic carbocycles. The summed E-state index contributed by atoms with van der Waals surface area (Å²) in [5, 5.41) is 30.4. The number of anilines is 6. The van der Waals surface area contributed by atoms with Crippen molar-refractivity contribution in [3.8, 4) is 0 Å². The Balaban J connectivity index is 0.715. The van der Waals surface area contributed by atoms with Gasteiger partial charge in [-0.25, -0.2) is 4.98 Å². The average Bonchev–Trinajstić information content (AvgIpc) is 3.15. The van der Waals surface area contributed by atoms with Gasteiger partial charge in [-0.15, -0.1) is 0 Å². The van der Waals surface area contributed by atoms with Gasteiger partial charge in [0.1, 0.15) is 34.2 Å². The van der Waals surface area contributed by atoms with Crippen molar-refractivity contribution in [2.24, 2.45) is 60.8 Å². The van der Waals surface area contributed by atoms with Crippen LogP contribution in [0, 0.1) is 0 Å². The van der Waals surface area contributed by atoms with Crippen LogP contribution in [0.1, 0.15) is 99.2 Å². The quantitative estimate of drug-likeness (QED) is 0.0351. The first kappa shape index (κ1) is 63.0. The second-order valence-electron chi connectivity index (χ2n) is 21.1. The number of hydrogen-bond donors (Lipinski definition) is 13. The van der Waals surface area contributed by atoms with Gasteiger partial charge in [0.05, 0.1) is 46.2 Å². The van der Waals surface area contributed by atoms with Crippen LogP contribution in [-0.2, 0) is 68.5 Å². The Hall–Kier alpha value is -11.0. The van der Waals surface area contributed by atoms with E-state index in [0.717, 1.165) is 0 Å². The summed E-state index contributed by atoms with van der Waals surface area (Å²) in [5.74, 6) is -5.09. The molecule has 7 aromatic rings. The Morgan fingerprint density at radius 1 is 0.500 bits per heavy atom. The molecule has 1 saturated heterocycles. The standard InChI is InChI=1S/C56H69N21O11/c1-71-15-14-59-48(71)56(88)70-36-20-42(75(5)29-36)53(85)61-12-9-45(78)64-30-16-38(63-23-30)50(82)67-33-18-40(73(3)26-33)51(83)60-11-8-37(57)49(81)66-32-21-43(76(6)25-32)54(86)69-35-22-44(77(7)28-35)55(87)68-34-19-41(74(4)27-34)52(84)62-13-10-46(79)65-31-17-39(47(58)80)72(2)24-31/h14-15,17-22,24-30,37-38,63H,8-13,16,23,57H2,1-7H3,(H2,58,80)(H,60,83)(H,61,85)(H,62,84)(H,64,78)(H,65,79)(H,66,81)(H,67,82)(H,68,87)(H,69,86)(H,70,88)/t30-,37-,38-/m1/s1. The largest absolute Gasteiger partial charge is 0.364 e. The third kappa shape index (κ3) is 15.6. The van der Waals surface area contributed by atoms with Crippen LogP contribution in [0.2, 0.25) is 0 Å². The maximum Gasteiger partial charge on any atom is 0.291 e. The highest BCUT2D eigenvalue weighted by Crippen LogP contribution is 2.22. The van der Waals surface area contributed by atoms with Crippen LogP contribution in [0.3, 0.4) is 0 Å². The smallest absolute Gasteiger partial charge is 0.291 e. The van der Waals surface area contributed by atoms with Crippen molar-refractivity contribution in [1.82, 2.24) is 63.5 Å². The molecular weight excluding hydrogens is 1140 g/mol. The van der Waals surface area contributed by atoms with E-state index < -0.39 is 65.2 Å². The molecule has 0 saturated carbocycles. The molecular formula is C56H69N21O11. The van der Waals surface area contributed by atoms with Crippen molar-refractivity contribution in [2.45, 2.75) is 43.8 Å². The molecule has 0 bridgehead atoms. The van der Waals surface area contributed by atoms with E-state index in [1.807, 2.05) is 0 Å². The van der Waals surface area contributed by atoms with Gasteiger partial charge in [0, 0.05) is 144 Å². The molecule has 88 heavy (non-hydrogen) atoms. The van der Waals surface area contributed by atoms with Crippen LogP contribution < -0.4 is 70.0 Å². The van der Waals surface area contributed by atoms with Crippen LogP contribution in [0.25, 0.3) is 0 Å². The summed E-state index contributed by atoms with van der Waals surface area (Å²) in [7, 11) is 11.4. The summed E-state index contributed by atoms with van der Waals surface area (Å²) in [5.41, 5.74) is 14.7. The number of rotatable bonds is 25. The average molecular weight is 1210 g/mol. The molecule has 464 valence electrons. The van der Waals surface area contributed by atoms with E-state index in [2.05, 4.69) is 63.5 Å². The van der Waals surface area contributed by atoms with Crippen molar-refractivity contribution in [2.75, 3.05) is 58.1 Å².